The van der Waals surface area contributed by atoms with Crippen LogP contribution in [-0.4, -0.2) is 158 Å². The summed E-state index contributed by atoms with van der Waals surface area (Å²) in [6.45, 7) is 13.2. The maximum atomic E-state index is 14.0. The number of fused-ring (bicyclic) bond motifs is 1. The van der Waals surface area contributed by atoms with Gasteiger partial charge < -0.3 is 44.2 Å². The van der Waals surface area contributed by atoms with Crippen molar-refractivity contribution in [3.8, 4) is 5.69 Å². The van der Waals surface area contributed by atoms with Crippen LogP contribution in [0.3, 0.4) is 0 Å². The van der Waals surface area contributed by atoms with E-state index >= 15 is 0 Å². The second-order valence-corrected chi connectivity index (χ2v) is 18.9. The Kier molecular flexibility index (Phi) is 17.8. The Morgan fingerprint density at radius 1 is 0.984 bits per heavy atom. The molecule has 2 saturated heterocycles. The number of likely N-dealkylation sites (N-methyl/N-ethyl adjacent to an activating group) is 1. The average molecular weight is 888 g/mol. The smallest absolute Gasteiger partial charge is 0.308 e. The van der Waals surface area contributed by atoms with Crippen LogP contribution in [0.1, 0.15) is 85.3 Å². The number of aliphatic hydroxyl groups is 3. The van der Waals surface area contributed by atoms with Crippen LogP contribution in [0, 0.1) is 23.7 Å². The van der Waals surface area contributed by atoms with Crippen molar-refractivity contribution in [2.45, 2.75) is 135 Å². The van der Waals surface area contributed by atoms with Crippen LogP contribution >= 0.6 is 0 Å². The normalized spacial score (nSPS) is 33.3. The highest BCUT2D eigenvalue weighted by atomic mass is 16.7. The molecule has 0 bridgehead atoms. The van der Waals surface area contributed by atoms with Crippen molar-refractivity contribution < 1.29 is 39.1 Å². The van der Waals surface area contributed by atoms with Gasteiger partial charge in [0.25, 0.3) is 0 Å². The lowest BCUT2D eigenvalue weighted by molar-refractivity contribution is -0.304. The molecule has 12 atom stereocenters. The van der Waals surface area contributed by atoms with E-state index in [4.69, 9.17) is 14.2 Å². The Morgan fingerprint density at radius 3 is 2.47 bits per heavy atom. The minimum absolute atomic E-state index is 0.0330. The third kappa shape index (κ3) is 12.9. The fraction of sp³-hybridized carbons (Fsp3) is 0.653. The van der Waals surface area contributed by atoms with Gasteiger partial charge in [0.15, 0.2) is 12.1 Å². The van der Waals surface area contributed by atoms with Gasteiger partial charge in [-0.25, -0.2) is 4.68 Å². The van der Waals surface area contributed by atoms with Crippen molar-refractivity contribution >= 4 is 22.7 Å². The number of cyclic esters (lactones) is 1. The van der Waals surface area contributed by atoms with Crippen LogP contribution in [0.4, 0.5) is 0 Å². The van der Waals surface area contributed by atoms with E-state index in [1.165, 1.54) is 6.42 Å². The van der Waals surface area contributed by atoms with Gasteiger partial charge in [-0.05, 0) is 111 Å². The first-order chi connectivity index (χ1) is 30.6. The predicted molar refractivity (Wildman–Crippen MR) is 245 cm³/mol. The van der Waals surface area contributed by atoms with Crippen molar-refractivity contribution in [1.29, 1.82) is 0 Å². The molecule has 0 aliphatic carbocycles. The van der Waals surface area contributed by atoms with Crippen LogP contribution in [0.15, 0.2) is 66.5 Å². The molecule has 0 saturated carbocycles. The molecule has 64 heavy (non-hydrogen) atoms. The number of esters is 1. The Hall–Kier alpha value is -3.93. The number of ketones is 1. The number of hydrogen-bond acceptors (Lipinski definition) is 14. The molecular formula is C49H73N7O8. The summed E-state index contributed by atoms with van der Waals surface area (Å²) < 4.78 is 20.9. The molecule has 5 heterocycles. The number of piperidine rings is 1. The zero-order chi connectivity index (χ0) is 46.1. The molecule has 0 amide bonds. The SMILES string of the molecule is CC[C@H]1OC(=O)C[C@@H](O)[C@H](C)[C@@H](O[C@@H]2O[C@H](C)[C@@H](O)C(N(C)C)C2O)[C@@H](CCN(C)Cc2cn(-c3cnc4ccccc4c3)nn2)C[C@@H](C)C(=O)/C=C/C(C)=C/[C@@H]1CN1CCCCC1. The van der Waals surface area contributed by atoms with Crippen molar-refractivity contribution in [1.82, 2.24) is 34.7 Å². The van der Waals surface area contributed by atoms with Gasteiger partial charge in [-0.1, -0.05) is 68.3 Å². The maximum absolute atomic E-state index is 14.0. The third-order valence-electron chi connectivity index (χ3n) is 13.6. The molecule has 3 aliphatic rings. The maximum Gasteiger partial charge on any atom is 0.308 e. The van der Waals surface area contributed by atoms with Crippen molar-refractivity contribution in [3.63, 3.8) is 0 Å². The number of allylic oxidation sites excluding steroid dienone is 3. The number of benzene rings is 1. The molecule has 15 heteroatoms. The number of hydrogen-bond donors (Lipinski definition) is 3. The van der Waals surface area contributed by atoms with Gasteiger partial charge in [-0.2, -0.15) is 0 Å². The number of para-hydroxylation sites is 1. The first kappa shape index (κ1) is 49.5. The highest BCUT2D eigenvalue weighted by molar-refractivity contribution is 5.91. The fourth-order valence-electron chi connectivity index (χ4n) is 9.72. The standard InChI is InChI=1S/C49H73N7O8/c1-9-43-37(28-55-20-13-10-14-21-55)23-31(2)17-18-41(57)32(3)24-36(19-22-54(8)29-38-30-56(52-51-38)39-25-35-15-11-12-16-40(35)50-27-39)48(33(4)42(58)26-44(59)63-43)64-49-47(61)45(53(6)7)46(60)34(5)62-49/h11-12,15-18,23,25,27,30,32-34,36-37,42-43,45-49,58,60-61H,9-10,13-14,19-22,24,26,28-29H2,1-8H3/b18-17+,31-23+/t32-,33+,34-,36+,37-,42-,43-,45?,46-,47?,48-,49+/m1/s1. The number of ether oxygens (including phenoxy) is 3. The molecule has 1 aromatic carbocycles. The molecule has 2 aromatic heterocycles. The fourth-order valence-corrected chi connectivity index (χ4v) is 9.72. The highest BCUT2D eigenvalue weighted by Gasteiger charge is 2.47. The number of rotatable bonds is 12. The summed E-state index contributed by atoms with van der Waals surface area (Å²) >= 11 is 0. The van der Waals surface area contributed by atoms with Crippen molar-refractivity contribution in [2.24, 2.45) is 23.7 Å². The van der Waals surface area contributed by atoms with Crippen LogP contribution in [0.25, 0.3) is 16.6 Å². The molecule has 15 nitrogen and oxygen atoms in total. The Labute approximate surface area is 379 Å². The number of carbonyl (C=O) groups is 2. The van der Waals surface area contributed by atoms with Gasteiger partial charge >= 0.3 is 5.97 Å². The first-order valence-corrected chi connectivity index (χ1v) is 23.4. The Bertz CT molecular complexity index is 2040. The lowest BCUT2D eigenvalue weighted by Gasteiger charge is -2.46. The predicted octanol–water partition coefficient (Wildman–Crippen LogP) is 4.96. The lowest BCUT2D eigenvalue weighted by atomic mass is 9.79. The van der Waals surface area contributed by atoms with Gasteiger partial charge in [0.05, 0.1) is 66.2 Å². The summed E-state index contributed by atoms with van der Waals surface area (Å²) in [7, 11) is 5.56. The molecule has 0 radical (unpaired) electrons. The highest BCUT2D eigenvalue weighted by Crippen LogP contribution is 2.35. The summed E-state index contributed by atoms with van der Waals surface area (Å²) in [6, 6.07) is 9.24. The molecule has 2 unspecified atom stereocenters. The van der Waals surface area contributed by atoms with Crippen LogP contribution in [0.5, 0.6) is 0 Å². The number of aliphatic hydroxyl groups excluding tert-OH is 3. The first-order valence-electron chi connectivity index (χ1n) is 23.4. The third-order valence-corrected chi connectivity index (χ3v) is 13.6. The lowest BCUT2D eigenvalue weighted by Crippen LogP contribution is -2.63. The summed E-state index contributed by atoms with van der Waals surface area (Å²) in [6.07, 6.45) is 7.59. The summed E-state index contributed by atoms with van der Waals surface area (Å²) in [5.41, 5.74) is 3.37. The Morgan fingerprint density at radius 2 is 1.73 bits per heavy atom. The number of aromatic nitrogens is 4. The van der Waals surface area contributed by atoms with Gasteiger partial charge in [-0.15, -0.1) is 5.10 Å². The monoisotopic (exact) mass is 888 g/mol. The summed E-state index contributed by atoms with van der Waals surface area (Å²) in [4.78, 5) is 38.7. The van der Waals surface area contributed by atoms with Gasteiger partial charge in [0, 0.05) is 36.2 Å². The van der Waals surface area contributed by atoms with E-state index in [-0.39, 0.29) is 24.0 Å². The van der Waals surface area contributed by atoms with E-state index in [0.29, 0.717) is 32.4 Å². The molecule has 352 valence electrons. The van der Waals surface area contributed by atoms with Crippen LogP contribution in [0.2, 0.25) is 0 Å². The number of pyridine rings is 1. The van der Waals surface area contributed by atoms with E-state index in [1.807, 2.05) is 77.3 Å². The molecule has 0 spiro atoms. The topological polar surface area (TPSA) is 176 Å². The molecule has 2 fully saturated rings. The number of likely N-dealkylation sites (tertiary alicyclic amines) is 1. The van der Waals surface area contributed by atoms with Crippen molar-refractivity contribution in [3.05, 3.63) is 72.2 Å². The minimum Gasteiger partial charge on any atom is -0.462 e. The second-order valence-electron chi connectivity index (χ2n) is 18.9. The van der Waals surface area contributed by atoms with E-state index in [9.17, 15) is 24.9 Å². The zero-order valence-electron chi connectivity index (χ0n) is 39.2. The van der Waals surface area contributed by atoms with Crippen molar-refractivity contribution in [2.75, 3.05) is 47.3 Å². The summed E-state index contributed by atoms with van der Waals surface area (Å²) in [5.74, 6) is -2.07. The van der Waals surface area contributed by atoms with E-state index < -0.39 is 66.8 Å². The van der Waals surface area contributed by atoms with E-state index in [2.05, 4.69) is 31.2 Å². The zero-order valence-corrected chi connectivity index (χ0v) is 39.2. The molecule has 3 aromatic rings. The molecular weight excluding hydrogens is 815 g/mol. The molecule has 3 N–H and O–H groups in total. The quantitative estimate of drug-likeness (QED) is 0.208. The number of nitrogens with zero attached hydrogens (tertiary/aromatic N) is 7. The van der Waals surface area contributed by atoms with Gasteiger partial charge in [-0.3, -0.25) is 14.6 Å². The van der Waals surface area contributed by atoms with Crippen LogP contribution < -0.4 is 0 Å². The minimum atomic E-state index is -1.24. The molecule has 3 aliphatic heterocycles. The second kappa shape index (κ2) is 23.0. The Balaban J connectivity index is 1.28. The van der Waals surface area contributed by atoms with E-state index in [0.717, 1.165) is 60.3 Å². The largest absolute Gasteiger partial charge is 0.462 e. The van der Waals surface area contributed by atoms with E-state index in [1.54, 1.807) is 42.9 Å². The van der Waals surface area contributed by atoms with Gasteiger partial charge in [0.2, 0.25) is 0 Å². The average Bonchev–Trinajstić information content (AvgIpc) is 3.74. The number of carbonyl (C=O) groups excluding carboxylic acids is 2. The van der Waals surface area contributed by atoms with Gasteiger partial charge in [0.1, 0.15) is 12.2 Å². The van der Waals surface area contributed by atoms with Crippen LogP contribution in [-0.2, 0) is 30.3 Å². The summed E-state index contributed by atoms with van der Waals surface area (Å²) in [5, 5.41) is 44.6. The molecule has 6 rings (SSSR count).